The zero-order chi connectivity index (χ0) is 13.1. The van der Waals surface area contributed by atoms with E-state index >= 15 is 0 Å². The van der Waals surface area contributed by atoms with E-state index in [1.54, 1.807) is 0 Å². The molecule has 2 rings (SSSR count). The number of H-pyrrole nitrogens is 1. The molecule has 18 heavy (non-hydrogen) atoms. The van der Waals surface area contributed by atoms with Gasteiger partial charge in [0.2, 0.25) is 5.95 Å². The minimum atomic E-state index is 0.225. The highest BCUT2D eigenvalue weighted by Gasteiger charge is 2.27. The average molecular weight is 252 g/mol. The Morgan fingerprint density at radius 2 is 2.28 bits per heavy atom. The Labute approximate surface area is 109 Å². The number of aromatic amines is 1. The van der Waals surface area contributed by atoms with Crippen molar-refractivity contribution in [2.45, 2.75) is 38.3 Å². The molecular formula is C12H24N6. The van der Waals surface area contributed by atoms with Crippen molar-refractivity contribution in [3.05, 3.63) is 5.82 Å². The van der Waals surface area contributed by atoms with Gasteiger partial charge in [0.15, 0.2) is 0 Å². The molecule has 1 aliphatic rings. The molecule has 0 saturated carbocycles. The molecule has 0 spiro atoms. The standard InChI is InChI=1S/C12H24N6/c1-9-10(13)5-4-7-18(9)12-14-11(15-16-12)6-8-17(2)3/h9-10H,4-8,13H2,1-3H3,(H,14,15,16). The number of piperidine rings is 1. The van der Waals surface area contributed by atoms with Gasteiger partial charge in [-0.3, -0.25) is 5.10 Å². The molecule has 0 bridgehead atoms. The van der Waals surface area contributed by atoms with E-state index in [9.17, 15) is 0 Å². The van der Waals surface area contributed by atoms with Gasteiger partial charge in [-0.1, -0.05) is 0 Å². The molecule has 2 unspecified atom stereocenters. The summed E-state index contributed by atoms with van der Waals surface area (Å²) in [5, 5.41) is 7.34. The predicted molar refractivity (Wildman–Crippen MR) is 72.7 cm³/mol. The van der Waals surface area contributed by atoms with Crippen LogP contribution < -0.4 is 10.6 Å². The number of nitrogens with zero attached hydrogens (tertiary/aromatic N) is 4. The maximum atomic E-state index is 6.10. The zero-order valence-corrected chi connectivity index (χ0v) is 11.6. The van der Waals surface area contributed by atoms with Gasteiger partial charge in [0.25, 0.3) is 0 Å². The number of likely N-dealkylation sites (N-methyl/N-ethyl adjacent to an activating group) is 1. The number of hydrogen-bond donors (Lipinski definition) is 2. The maximum absolute atomic E-state index is 6.10. The van der Waals surface area contributed by atoms with Crippen LogP contribution in [-0.2, 0) is 6.42 Å². The fourth-order valence-electron chi connectivity index (χ4n) is 2.31. The van der Waals surface area contributed by atoms with E-state index in [4.69, 9.17) is 5.73 Å². The molecule has 1 aromatic heterocycles. The van der Waals surface area contributed by atoms with E-state index in [1.807, 2.05) is 0 Å². The van der Waals surface area contributed by atoms with Gasteiger partial charge in [-0.05, 0) is 33.9 Å². The highest BCUT2D eigenvalue weighted by molar-refractivity contribution is 5.32. The summed E-state index contributed by atoms with van der Waals surface area (Å²) in [5.74, 6) is 1.75. The molecule has 1 saturated heterocycles. The highest BCUT2D eigenvalue weighted by Crippen LogP contribution is 2.20. The van der Waals surface area contributed by atoms with Gasteiger partial charge in [0.05, 0.1) is 0 Å². The lowest BCUT2D eigenvalue weighted by atomic mass is 9.99. The summed E-state index contributed by atoms with van der Waals surface area (Å²) in [6.45, 7) is 4.13. The van der Waals surface area contributed by atoms with Crippen molar-refractivity contribution >= 4 is 5.95 Å². The molecule has 102 valence electrons. The molecule has 6 heteroatoms. The van der Waals surface area contributed by atoms with Gasteiger partial charge < -0.3 is 15.5 Å². The van der Waals surface area contributed by atoms with Gasteiger partial charge in [-0.25, -0.2) is 0 Å². The third kappa shape index (κ3) is 3.00. The minimum Gasteiger partial charge on any atom is -0.335 e. The van der Waals surface area contributed by atoms with E-state index in [-0.39, 0.29) is 6.04 Å². The number of rotatable bonds is 4. The van der Waals surface area contributed by atoms with Gasteiger partial charge >= 0.3 is 0 Å². The molecule has 0 aliphatic carbocycles. The maximum Gasteiger partial charge on any atom is 0.244 e. The lowest BCUT2D eigenvalue weighted by molar-refractivity contribution is 0.409. The summed E-state index contributed by atoms with van der Waals surface area (Å²) in [6, 6.07) is 0.540. The van der Waals surface area contributed by atoms with E-state index < -0.39 is 0 Å². The summed E-state index contributed by atoms with van der Waals surface area (Å²) in [5.41, 5.74) is 6.10. The van der Waals surface area contributed by atoms with Gasteiger partial charge in [-0.2, -0.15) is 4.98 Å². The molecule has 0 aromatic carbocycles. The van der Waals surface area contributed by atoms with Crippen LogP contribution in [0.3, 0.4) is 0 Å². The van der Waals surface area contributed by atoms with Gasteiger partial charge in [0, 0.05) is 31.6 Å². The fourth-order valence-corrected chi connectivity index (χ4v) is 2.31. The van der Waals surface area contributed by atoms with E-state index in [2.05, 4.69) is 46.0 Å². The van der Waals surface area contributed by atoms with Gasteiger partial charge in [0.1, 0.15) is 5.82 Å². The molecule has 1 aromatic rings. The Morgan fingerprint density at radius 3 is 3.00 bits per heavy atom. The van der Waals surface area contributed by atoms with Crippen molar-refractivity contribution < 1.29 is 0 Å². The summed E-state index contributed by atoms with van der Waals surface area (Å²) in [7, 11) is 4.12. The zero-order valence-electron chi connectivity index (χ0n) is 11.6. The van der Waals surface area contributed by atoms with E-state index in [0.29, 0.717) is 6.04 Å². The first-order chi connectivity index (χ1) is 8.58. The molecule has 6 nitrogen and oxygen atoms in total. The third-order valence-electron chi connectivity index (χ3n) is 3.62. The number of nitrogens with two attached hydrogens (primary N) is 1. The average Bonchev–Trinajstić information content (AvgIpc) is 2.78. The molecular weight excluding hydrogens is 228 g/mol. The molecule has 0 amide bonds. The summed E-state index contributed by atoms with van der Waals surface area (Å²) >= 11 is 0. The van der Waals surface area contributed by atoms with Crippen molar-refractivity contribution in [2.75, 3.05) is 32.1 Å². The van der Waals surface area contributed by atoms with Crippen LogP contribution in [0.25, 0.3) is 0 Å². The van der Waals surface area contributed by atoms with Crippen LogP contribution in [0.4, 0.5) is 5.95 Å². The Morgan fingerprint density at radius 1 is 1.50 bits per heavy atom. The minimum absolute atomic E-state index is 0.225. The van der Waals surface area contributed by atoms with Crippen LogP contribution in [0, 0.1) is 0 Å². The Hall–Kier alpha value is -1.14. The number of aromatic nitrogens is 3. The second-order valence-electron chi connectivity index (χ2n) is 5.38. The molecule has 3 N–H and O–H groups in total. The second-order valence-corrected chi connectivity index (χ2v) is 5.38. The van der Waals surface area contributed by atoms with Crippen LogP contribution in [0.15, 0.2) is 0 Å². The van der Waals surface area contributed by atoms with E-state index in [1.165, 1.54) is 0 Å². The Balaban J connectivity index is 2.00. The number of nitrogens with one attached hydrogen (secondary N) is 1. The molecule has 1 aliphatic heterocycles. The molecule has 0 radical (unpaired) electrons. The monoisotopic (exact) mass is 252 g/mol. The normalized spacial score (nSPS) is 24.8. The van der Waals surface area contributed by atoms with E-state index in [0.717, 1.165) is 44.1 Å². The highest BCUT2D eigenvalue weighted by atomic mass is 15.4. The molecule has 2 atom stereocenters. The second kappa shape index (κ2) is 5.67. The third-order valence-corrected chi connectivity index (χ3v) is 3.62. The summed E-state index contributed by atoms with van der Waals surface area (Å²) in [4.78, 5) is 8.92. The van der Waals surface area contributed by atoms with Crippen molar-refractivity contribution in [1.29, 1.82) is 0 Å². The number of hydrogen-bond acceptors (Lipinski definition) is 5. The first kappa shape index (κ1) is 13.3. The van der Waals surface area contributed by atoms with Crippen molar-refractivity contribution in [3.8, 4) is 0 Å². The van der Waals surface area contributed by atoms with Crippen molar-refractivity contribution in [3.63, 3.8) is 0 Å². The largest absolute Gasteiger partial charge is 0.335 e. The first-order valence-corrected chi connectivity index (χ1v) is 6.66. The lowest BCUT2D eigenvalue weighted by Crippen LogP contribution is -2.51. The predicted octanol–water partition coefficient (Wildman–Crippen LogP) is 0.225. The Kier molecular flexibility index (Phi) is 4.19. The van der Waals surface area contributed by atoms with Crippen molar-refractivity contribution in [1.82, 2.24) is 20.1 Å². The lowest BCUT2D eigenvalue weighted by Gasteiger charge is -2.36. The first-order valence-electron chi connectivity index (χ1n) is 6.66. The summed E-state index contributed by atoms with van der Waals surface area (Å²) < 4.78 is 0. The Bertz CT molecular complexity index is 374. The topological polar surface area (TPSA) is 74.1 Å². The van der Waals surface area contributed by atoms with Crippen LogP contribution in [0.1, 0.15) is 25.6 Å². The molecule has 1 fully saturated rings. The summed E-state index contributed by atoms with van der Waals surface area (Å²) in [6.07, 6.45) is 3.11. The van der Waals surface area contributed by atoms with Crippen LogP contribution in [0.2, 0.25) is 0 Å². The van der Waals surface area contributed by atoms with Crippen LogP contribution >= 0.6 is 0 Å². The molecule has 2 heterocycles. The number of anilines is 1. The van der Waals surface area contributed by atoms with Gasteiger partial charge in [-0.15, -0.1) is 5.10 Å². The van der Waals surface area contributed by atoms with Crippen molar-refractivity contribution in [2.24, 2.45) is 5.73 Å². The smallest absolute Gasteiger partial charge is 0.244 e. The SMILES string of the molecule is CC1C(N)CCCN1c1n[nH]c(CCN(C)C)n1. The quantitative estimate of drug-likeness (QED) is 0.802. The fraction of sp³-hybridized carbons (Fsp3) is 0.833. The van der Waals surface area contributed by atoms with Crippen LogP contribution in [0.5, 0.6) is 0 Å². The van der Waals surface area contributed by atoms with Crippen LogP contribution in [-0.4, -0.2) is 59.3 Å².